The maximum Gasteiger partial charge on any atom is 0.343 e. The second kappa shape index (κ2) is 9.79. The maximum atomic E-state index is 12.1. The van der Waals surface area contributed by atoms with E-state index in [-0.39, 0.29) is 0 Å². The van der Waals surface area contributed by atoms with Crippen LogP contribution in [0.4, 0.5) is 0 Å². The molecule has 4 aromatic rings. The van der Waals surface area contributed by atoms with Crippen LogP contribution in [0.3, 0.4) is 0 Å². The zero-order chi connectivity index (χ0) is 21.5. The molecule has 0 unspecified atom stereocenters. The second-order valence-electron chi connectivity index (χ2n) is 6.74. The van der Waals surface area contributed by atoms with Crippen LogP contribution in [0.1, 0.15) is 22.0 Å². The molecule has 0 saturated carbocycles. The van der Waals surface area contributed by atoms with E-state index in [1.807, 2.05) is 6.07 Å². The number of pyridine rings is 1. The van der Waals surface area contributed by atoms with Gasteiger partial charge in [-0.3, -0.25) is 0 Å². The highest BCUT2D eigenvalue weighted by atomic mass is 16.5. The van der Waals surface area contributed by atoms with E-state index in [0.717, 1.165) is 0 Å². The van der Waals surface area contributed by atoms with Gasteiger partial charge in [0.15, 0.2) is 5.65 Å². The summed E-state index contributed by atoms with van der Waals surface area (Å²) in [5, 5.41) is 24.7. The minimum Gasteiger partial charge on any atom is -0.492 e. The lowest BCUT2D eigenvalue weighted by molar-refractivity contribution is 0.0734. The summed E-state index contributed by atoms with van der Waals surface area (Å²) < 4.78 is 12.5. The Kier molecular flexibility index (Phi) is 6.46. The highest BCUT2D eigenvalue weighted by Gasteiger charge is 2.10. The third-order valence-corrected chi connectivity index (χ3v) is 4.53. The van der Waals surface area contributed by atoms with Gasteiger partial charge in [-0.05, 0) is 52.9 Å². The van der Waals surface area contributed by atoms with Crippen LogP contribution in [0.5, 0.6) is 11.5 Å². The number of nitrogens with one attached hydrogen (secondary N) is 1. The first-order chi connectivity index (χ1) is 15.2. The molecule has 0 aliphatic carbocycles. The Labute approximate surface area is 178 Å². The molecule has 0 bridgehead atoms. The number of aromatic nitrogens is 4. The van der Waals surface area contributed by atoms with Gasteiger partial charge < -0.3 is 19.9 Å². The van der Waals surface area contributed by atoms with Crippen molar-refractivity contribution in [2.75, 3.05) is 19.7 Å². The van der Waals surface area contributed by atoms with Crippen molar-refractivity contribution < 1.29 is 19.4 Å². The molecule has 0 saturated heterocycles. The van der Waals surface area contributed by atoms with Crippen LogP contribution in [0.2, 0.25) is 0 Å². The van der Waals surface area contributed by atoms with E-state index in [2.05, 4.69) is 20.8 Å². The van der Waals surface area contributed by atoms with Gasteiger partial charge in [0, 0.05) is 24.8 Å². The van der Waals surface area contributed by atoms with Crippen LogP contribution in [0, 0.1) is 0 Å². The number of ether oxygens (including phenoxy) is 2. The first-order valence-electron chi connectivity index (χ1n) is 9.75. The Bertz CT molecular complexity index is 1130. The Morgan fingerprint density at radius 3 is 2.61 bits per heavy atom. The van der Waals surface area contributed by atoms with Crippen molar-refractivity contribution in [3.63, 3.8) is 0 Å². The summed E-state index contributed by atoms with van der Waals surface area (Å²) in [5.41, 5.74) is 1.83. The molecule has 0 aliphatic rings. The fourth-order valence-corrected chi connectivity index (χ4v) is 2.90. The van der Waals surface area contributed by atoms with Crippen molar-refractivity contribution in [3.05, 3.63) is 84.1 Å². The number of fused-ring (bicyclic) bond motifs is 1. The zero-order valence-corrected chi connectivity index (χ0v) is 16.6. The molecule has 2 N–H and O–H groups in total. The number of aliphatic hydroxyl groups excluding tert-OH is 1. The first kappa shape index (κ1) is 20.5. The third-order valence-electron chi connectivity index (χ3n) is 4.53. The highest BCUT2D eigenvalue weighted by Crippen LogP contribution is 2.19. The molecular formula is C22H21N5O4. The summed E-state index contributed by atoms with van der Waals surface area (Å²) in [5.74, 6) is 0.698. The molecule has 2 aromatic carbocycles. The summed E-state index contributed by atoms with van der Waals surface area (Å²) in [7, 11) is 0. The minimum atomic E-state index is -0.688. The van der Waals surface area contributed by atoms with E-state index >= 15 is 0 Å². The molecule has 0 amide bonds. The number of esters is 1. The molecule has 0 fully saturated rings. The van der Waals surface area contributed by atoms with E-state index in [0.29, 0.717) is 48.0 Å². The quantitative estimate of drug-likeness (QED) is 0.241. The number of rotatable bonds is 9. The standard InChI is InChI=1S/C22H21N5O4/c28-20(17-6-11-21-24-25-26-27(21)15-17)14-23-12-13-30-18-7-9-19(10-8-18)31-22(29)16-4-2-1-3-5-16/h1-11,15,20,23,28H,12-14H2/t20-/m1/s1. The molecule has 9 heteroatoms. The van der Waals surface area contributed by atoms with Gasteiger partial charge in [0.1, 0.15) is 18.1 Å². The fourth-order valence-electron chi connectivity index (χ4n) is 2.90. The average molecular weight is 419 g/mol. The number of carbonyl (C=O) groups is 1. The third kappa shape index (κ3) is 5.41. The van der Waals surface area contributed by atoms with Gasteiger partial charge in [-0.25, -0.2) is 9.31 Å². The molecule has 0 spiro atoms. The lowest BCUT2D eigenvalue weighted by Gasteiger charge is -2.13. The van der Waals surface area contributed by atoms with Gasteiger partial charge in [-0.1, -0.05) is 24.3 Å². The zero-order valence-electron chi connectivity index (χ0n) is 16.6. The number of tetrazole rings is 1. The summed E-state index contributed by atoms with van der Waals surface area (Å²) in [4.78, 5) is 12.1. The van der Waals surface area contributed by atoms with Crippen LogP contribution >= 0.6 is 0 Å². The van der Waals surface area contributed by atoms with Crippen molar-refractivity contribution in [1.29, 1.82) is 0 Å². The monoisotopic (exact) mass is 419 g/mol. The summed E-state index contributed by atoms with van der Waals surface area (Å²) in [6.45, 7) is 1.34. The predicted molar refractivity (Wildman–Crippen MR) is 112 cm³/mol. The molecule has 9 nitrogen and oxygen atoms in total. The minimum absolute atomic E-state index is 0.366. The number of carbonyl (C=O) groups excluding carboxylic acids is 1. The second-order valence-corrected chi connectivity index (χ2v) is 6.74. The van der Waals surface area contributed by atoms with E-state index < -0.39 is 12.1 Å². The van der Waals surface area contributed by atoms with E-state index in [1.54, 1.807) is 66.9 Å². The molecule has 2 heterocycles. The van der Waals surface area contributed by atoms with Crippen molar-refractivity contribution >= 4 is 11.6 Å². The van der Waals surface area contributed by atoms with E-state index in [4.69, 9.17) is 9.47 Å². The predicted octanol–water partition coefficient (Wildman–Crippen LogP) is 2.05. The first-order valence-corrected chi connectivity index (χ1v) is 9.75. The van der Waals surface area contributed by atoms with Gasteiger partial charge in [-0.2, -0.15) is 0 Å². The molecule has 1 atom stereocenters. The number of aliphatic hydroxyl groups is 1. The lowest BCUT2D eigenvalue weighted by Crippen LogP contribution is -2.26. The van der Waals surface area contributed by atoms with Gasteiger partial charge in [0.25, 0.3) is 0 Å². The van der Waals surface area contributed by atoms with Crippen LogP contribution in [0.25, 0.3) is 5.65 Å². The van der Waals surface area contributed by atoms with E-state index in [1.165, 1.54) is 4.52 Å². The Morgan fingerprint density at radius 1 is 1.03 bits per heavy atom. The number of benzene rings is 2. The van der Waals surface area contributed by atoms with Crippen LogP contribution in [0.15, 0.2) is 72.9 Å². The lowest BCUT2D eigenvalue weighted by atomic mass is 10.1. The Balaban J connectivity index is 1.18. The topological polar surface area (TPSA) is 111 Å². The van der Waals surface area contributed by atoms with Gasteiger partial charge >= 0.3 is 5.97 Å². The van der Waals surface area contributed by atoms with Gasteiger partial charge in [-0.15, -0.1) is 5.10 Å². The molecule has 158 valence electrons. The van der Waals surface area contributed by atoms with Crippen LogP contribution in [-0.4, -0.2) is 50.8 Å². The van der Waals surface area contributed by atoms with Crippen LogP contribution in [-0.2, 0) is 0 Å². The summed E-state index contributed by atoms with van der Waals surface area (Å²) in [6.07, 6.45) is 1.01. The summed E-state index contributed by atoms with van der Waals surface area (Å²) >= 11 is 0. The molecule has 4 rings (SSSR count). The van der Waals surface area contributed by atoms with Crippen LogP contribution < -0.4 is 14.8 Å². The van der Waals surface area contributed by atoms with Gasteiger partial charge in [0.2, 0.25) is 0 Å². The van der Waals surface area contributed by atoms with Crippen molar-refractivity contribution in [2.24, 2.45) is 0 Å². The largest absolute Gasteiger partial charge is 0.492 e. The Hall–Kier alpha value is -3.82. The molecular weight excluding hydrogens is 398 g/mol. The average Bonchev–Trinajstić information content (AvgIpc) is 3.28. The Morgan fingerprint density at radius 2 is 1.81 bits per heavy atom. The number of hydrogen-bond donors (Lipinski definition) is 2. The molecule has 0 aliphatic heterocycles. The molecule has 0 radical (unpaired) electrons. The fraction of sp³-hybridized carbons (Fsp3) is 0.182. The van der Waals surface area contributed by atoms with E-state index in [9.17, 15) is 9.90 Å². The van der Waals surface area contributed by atoms with Crippen molar-refractivity contribution in [2.45, 2.75) is 6.10 Å². The SMILES string of the molecule is O=C(Oc1ccc(OCCNC[C@@H](O)c2ccc3nnnn3c2)cc1)c1ccccc1. The maximum absolute atomic E-state index is 12.1. The van der Waals surface area contributed by atoms with Gasteiger partial charge in [0.05, 0.1) is 11.7 Å². The number of hydrogen-bond acceptors (Lipinski definition) is 8. The van der Waals surface area contributed by atoms with Crippen molar-refractivity contribution in [3.8, 4) is 11.5 Å². The number of nitrogens with zero attached hydrogens (tertiary/aromatic N) is 4. The summed E-state index contributed by atoms with van der Waals surface area (Å²) in [6, 6.07) is 19.2. The molecule has 31 heavy (non-hydrogen) atoms. The van der Waals surface area contributed by atoms with Crippen molar-refractivity contribution in [1.82, 2.24) is 25.4 Å². The smallest absolute Gasteiger partial charge is 0.343 e. The normalized spacial score (nSPS) is 11.9. The highest BCUT2D eigenvalue weighted by molar-refractivity contribution is 5.90. The molecule has 2 aromatic heterocycles.